The van der Waals surface area contributed by atoms with Crippen LogP contribution in [0.3, 0.4) is 0 Å². The van der Waals surface area contributed by atoms with Crippen molar-refractivity contribution in [2.24, 2.45) is 5.73 Å². The molecule has 0 spiro atoms. The van der Waals surface area contributed by atoms with Crippen LogP contribution in [-0.2, 0) is 4.79 Å². The molecule has 3 N–H and O–H groups in total. The number of carbonyl (C=O) groups is 1. The smallest absolute Gasteiger partial charge is 0.239 e. The first-order valence-electron chi connectivity index (χ1n) is 6.36. The number of hydrogen-bond acceptors (Lipinski definition) is 3. The summed E-state index contributed by atoms with van der Waals surface area (Å²) in [4.78, 5) is 13.9. The number of nitrogens with two attached hydrogens (primary N) is 1. The highest BCUT2D eigenvalue weighted by Gasteiger charge is 2.23. The highest BCUT2D eigenvalue weighted by atomic mass is 16.3. The molecule has 1 amide bonds. The van der Waals surface area contributed by atoms with Gasteiger partial charge in [0.25, 0.3) is 0 Å². The van der Waals surface area contributed by atoms with E-state index < -0.39 is 6.04 Å². The monoisotopic (exact) mass is 250 g/mol. The Labute approximate surface area is 108 Å². The second-order valence-corrected chi connectivity index (χ2v) is 4.41. The fraction of sp³-hybridized carbons (Fsp3) is 0.500. The molecule has 0 heterocycles. The summed E-state index contributed by atoms with van der Waals surface area (Å²) in [7, 11) is 0. The molecule has 2 unspecified atom stereocenters. The molecule has 0 aliphatic carbocycles. The Bertz CT molecular complexity index is 407. The lowest BCUT2D eigenvalue weighted by Gasteiger charge is -2.30. The van der Waals surface area contributed by atoms with Crippen molar-refractivity contribution in [3.63, 3.8) is 0 Å². The second kappa shape index (κ2) is 6.40. The van der Waals surface area contributed by atoms with E-state index in [1.54, 1.807) is 23.1 Å². The number of hydrogen-bond donors (Lipinski definition) is 2. The molecular weight excluding hydrogens is 228 g/mol. The molecule has 0 aromatic heterocycles. The summed E-state index contributed by atoms with van der Waals surface area (Å²) in [5.74, 6) is 0.165. The summed E-state index contributed by atoms with van der Waals surface area (Å²) in [6.07, 6.45) is 0.627. The first-order valence-corrected chi connectivity index (χ1v) is 6.36. The molecule has 0 bridgehead atoms. The summed E-state index contributed by atoms with van der Waals surface area (Å²) >= 11 is 0. The van der Waals surface area contributed by atoms with Crippen molar-refractivity contribution in [2.75, 3.05) is 6.54 Å². The molecule has 100 valence electrons. The number of amides is 1. The minimum absolute atomic E-state index is 0.0455. The average molecular weight is 250 g/mol. The van der Waals surface area contributed by atoms with Crippen molar-refractivity contribution in [1.82, 2.24) is 4.90 Å². The first-order chi connectivity index (χ1) is 8.51. The van der Waals surface area contributed by atoms with Gasteiger partial charge in [0, 0.05) is 6.54 Å². The maximum Gasteiger partial charge on any atom is 0.239 e. The Hall–Kier alpha value is -1.55. The van der Waals surface area contributed by atoms with Gasteiger partial charge in [0.1, 0.15) is 5.75 Å². The molecule has 4 heteroatoms. The Balaban J connectivity index is 2.92. The van der Waals surface area contributed by atoms with Crippen LogP contribution < -0.4 is 5.73 Å². The lowest BCUT2D eigenvalue weighted by molar-refractivity contribution is -0.134. The van der Waals surface area contributed by atoms with Crippen LogP contribution in [-0.4, -0.2) is 28.5 Å². The van der Waals surface area contributed by atoms with E-state index in [2.05, 4.69) is 0 Å². The molecule has 0 aliphatic rings. The van der Waals surface area contributed by atoms with Gasteiger partial charge in [0.05, 0.1) is 12.1 Å². The van der Waals surface area contributed by atoms with E-state index in [1.807, 2.05) is 26.8 Å². The first kappa shape index (κ1) is 14.5. The molecule has 0 saturated carbocycles. The predicted molar refractivity (Wildman–Crippen MR) is 72.2 cm³/mol. The Morgan fingerprint density at radius 2 is 2.11 bits per heavy atom. The molecule has 18 heavy (non-hydrogen) atoms. The van der Waals surface area contributed by atoms with E-state index in [9.17, 15) is 9.90 Å². The number of carbonyl (C=O) groups excluding carboxylic acids is 1. The zero-order valence-electron chi connectivity index (χ0n) is 11.3. The minimum Gasteiger partial charge on any atom is -0.508 e. The summed E-state index contributed by atoms with van der Waals surface area (Å²) in [5.41, 5.74) is 6.71. The number of phenolic OH excluding ortho intramolecular Hbond substituents is 1. The number of likely N-dealkylation sites (N-methyl/N-ethyl adjacent to an activating group) is 1. The molecule has 0 radical (unpaired) electrons. The van der Waals surface area contributed by atoms with Crippen molar-refractivity contribution < 1.29 is 9.90 Å². The van der Waals surface area contributed by atoms with E-state index in [0.29, 0.717) is 13.0 Å². The molecule has 1 rings (SSSR count). The van der Waals surface area contributed by atoms with E-state index >= 15 is 0 Å². The van der Waals surface area contributed by atoms with Crippen molar-refractivity contribution >= 4 is 5.91 Å². The van der Waals surface area contributed by atoms with Gasteiger partial charge >= 0.3 is 0 Å². The number of rotatable bonds is 5. The van der Waals surface area contributed by atoms with Gasteiger partial charge in [-0.25, -0.2) is 0 Å². The Morgan fingerprint density at radius 3 is 2.61 bits per heavy atom. The highest BCUT2D eigenvalue weighted by Crippen LogP contribution is 2.23. The van der Waals surface area contributed by atoms with Crippen LogP contribution in [0.15, 0.2) is 24.3 Å². The number of aromatic hydroxyl groups is 1. The van der Waals surface area contributed by atoms with Gasteiger partial charge in [-0.3, -0.25) is 4.79 Å². The van der Waals surface area contributed by atoms with Crippen LogP contribution >= 0.6 is 0 Å². The van der Waals surface area contributed by atoms with Crippen LogP contribution in [0.2, 0.25) is 0 Å². The summed E-state index contributed by atoms with van der Waals surface area (Å²) in [5, 5.41) is 9.48. The maximum absolute atomic E-state index is 12.1. The van der Waals surface area contributed by atoms with Gasteiger partial charge in [0.15, 0.2) is 0 Å². The Kier molecular flexibility index (Phi) is 5.16. The lowest BCUT2D eigenvalue weighted by Crippen LogP contribution is -2.44. The molecule has 2 atom stereocenters. The normalized spacial score (nSPS) is 14.0. The van der Waals surface area contributed by atoms with Crippen molar-refractivity contribution in [2.45, 2.75) is 39.3 Å². The van der Waals surface area contributed by atoms with Crippen LogP contribution in [0, 0.1) is 0 Å². The third-order valence-corrected chi connectivity index (χ3v) is 3.20. The summed E-state index contributed by atoms with van der Waals surface area (Å²) < 4.78 is 0. The van der Waals surface area contributed by atoms with E-state index in [0.717, 1.165) is 5.56 Å². The maximum atomic E-state index is 12.1. The molecular formula is C14H22N2O2. The van der Waals surface area contributed by atoms with Crippen LogP contribution in [0.5, 0.6) is 5.75 Å². The van der Waals surface area contributed by atoms with Gasteiger partial charge in [-0.2, -0.15) is 0 Å². The van der Waals surface area contributed by atoms with Crippen LogP contribution in [0.4, 0.5) is 0 Å². The zero-order valence-corrected chi connectivity index (χ0v) is 11.3. The number of phenols is 1. The number of nitrogens with zero attached hydrogens (tertiary/aromatic N) is 1. The molecule has 0 aliphatic heterocycles. The summed E-state index contributed by atoms with van der Waals surface area (Å²) in [6, 6.07) is 6.43. The van der Waals surface area contributed by atoms with Crippen LogP contribution in [0.1, 0.15) is 38.8 Å². The van der Waals surface area contributed by atoms with E-state index in [-0.39, 0.29) is 17.7 Å². The standard InChI is InChI=1S/C14H22N2O2/c1-4-13(15)14(18)16(5-2)10(3)11-7-6-8-12(17)9-11/h6-10,13,17H,4-5,15H2,1-3H3. The number of benzene rings is 1. The average Bonchev–Trinajstić information content (AvgIpc) is 2.38. The lowest BCUT2D eigenvalue weighted by atomic mass is 10.1. The summed E-state index contributed by atoms with van der Waals surface area (Å²) in [6.45, 7) is 6.37. The third kappa shape index (κ3) is 3.23. The van der Waals surface area contributed by atoms with Gasteiger partial charge in [-0.1, -0.05) is 19.1 Å². The highest BCUT2D eigenvalue weighted by molar-refractivity contribution is 5.82. The van der Waals surface area contributed by atoms with Gasteiger partial charge < -0.3 is 15.7 Å². The molecule has 0 saturated heterocycles. The van der Waals surface area contributed by atoms with E-state index in [1.165, 1.54) is 0 Å². The molecule has 1 aromatic rings. The fourth-order valence-electron chi connectivity index (χ4n) is 1.97. The zero-order chi connectivity index (χ0) is 13.7. The van der Waals surface area contributed by atoms with Gasteiger partial charge in [-0.05, 0) is 38.0 Å². The van der Waals surface area contributed by atoms with Crippen molar-refractivity contribution in [1.29, 1.82) is 0 Å². The minimum atomic E-state index is -0.454. The molecule has 1 aromatic carbocycles. The SMILES string of the molecule is CCC(N)C(=O)N(CC)C(C)c1cccc(O)c1. The molecule has 0 fully saturated rings. The third-order valence-electron chi connectivity index (χ3n) is 3.20. The fourth-order valence-corrected chi connectivity index (χ4v) is 1.97. The van der Waals surface area contributed by atoms with E-state index in [4.69, 9.17) is 5.73 Å². The Morgan fingerprint density at radius 1 is 1.44 bits per heavy atom. The van der Waals surface area contributed by atoms with Crippen molar-refractivity contribution in [3.05, 3.63) is 29.8 Å². The van der Waals surface area contributed by atoms with Crippen LogP contribution in [0.25, 0.3) is 0 Å². The van der Waals surface area contributed by atoms with Gasteiger partial charge in [0.2, 0.25) is 5.91 Å². The van der Waals surface area contributed by atoms with Gasteiger partial charge in [-0.15, -0.1) is 0 Å². The second-order valence-electron chi connectivity index (χ2n) is 4.41. The quantitative estimate of drug-likeness (QED) is 0.840. The molecule has 4 nitrogen and oxygen atoms in total. The predicted octanol–water partition coefficient (Wildman–Crippen LogP) is 2.04. The largest absolute Gasteiger partial charge is 0.508 e. The van der Waals surface area contributed by atoms with Crippen molar-refractivity contribution in [3.8, 4) is 5.75 Å². The topological polar surface area (TPSA) is 66.6 Å².